The Morgan fingerprint density at radius 2 is 2.03 bits per heavy atom. The molecule has 2 aromatic carbocycles. The Bertz CT molecular complexity index is 1240. The fraction of sp³-hybridized carbons (Fsp3) is 0.435. The highest BCUT2D eigenvalue weighted by Crippen LogP contribution is 2.26. The zero-order valence-corrected chi connectivity index (χ0v) is 19.5. The standard InChI is InChI=1S/C23H29N5O3S/c1-16(2)28-22-10-9-20(13-21(22)25-26-28)32(30,31)27-11-5-8-19(15-27)23(29)24-14-18-7-4-6-17(3)12-18/h4,6-7,9-10,12-13,16,19H,5,8,11,14-15H2,1-3H3,(H,24,29)/t19-/m1/s1. The third-order valence-electron chi connectivity index (χ3n) is 5.87. The summed E-state index contributed by atoms with van der Waals surface area (Å²) in [5.74, 6) is -0.476. The van der Waals surface area contributed by atoms with Gasteiger partial charge in [-0.15, -0.1) is 5.10 Å². The molecule has 1 aliphatic rings. The van der Waals surface area contributed by atoms with Crippen LogP contribution in [0, 0.1) is 12.8 Å². The summed E-state index contributed by atoms with van der Waals surface area (Å²) in [4.78, 5) is 12.9. The number of fused-ring (bicyclic) bond motifs is 1. The Balaban J connectivity index is 1.47. The number of benzene rings is 2. The molecule has 1 amide bonds. The van der Waals surface area contributed by atoms with Gasteiger partial charge in [-0.1, -0.05) is 35.0 Å². The Kier molecular flexibility index (Phi) is 6.30. The van der Waals surface area contributed by atoms with Gasteiger partial charge in [-0.3, -0.25) is 4.79 Å². The number of nitrogens with one attached hydrogen (secondary N) is 1. The van der Waals surface area contributed by atoms with E-state index in [2.05, 4.69) is 15.6 Å². The number of hydrogen-bond acceptors (Lipinski definition) is 5. The van der Waals surface area contributed by atoms with E-state index in [1.165, 1.54) is 4.31 Å². The molecule has 2 heterocycles. The number of carbonyl (C=O) groups excluding carboxylic acids is 1. The summed E-state index contributed by atoms with van der Waals surface area (Å²) < 4.78 is 29.8. The van der Waals surface area contributed by atoms with Crippen LogP contribution in [-0.4, -0.2) is 46.7 Å². The second-order valence-corrected chi connectivity index (χ2v) is 10.6. The molecule has 9 heteroatoms. The van der Waals surface area contributed by atoms with E-state index < -0.39 is 10.0 Å². The monoisotopic (exact) mass is 455 g/mol. The van der Waals surface area contributed by atoms with E-state index in [1.54, 1.807) is 22.9 Å². The Hall–Kier alpha value is -2.78. The van der Waals surface area contributed by atoms with Crippen LogP contribution in [0.1, 0.15) is 43.9 Å². The zero-order valence-electron chi connectivity index (χ0n) is 18.7. The minimum Gasteiger partial charge on any atom is -0.352 e. The molecule has 0 aliphatic carbocycles. The van der Waals surface area contributed by atoms with Gasteiger partial charge in [0.1, 0.15) is 5.52 Å². The molecule has 1 atom stereocenters. The molecule has 4 rings (SSSR count). The molecule has 1 N–H and O–H groups in total. The maximum absolute atomic E-state index is 13.3. The van der Waals surface area contributed by atoms with Crippen LogP contribution in [0.15, 0.2) is 47.4 Å². The zero-order chi connectivity index (χ0) is 22.9. The van der Waals surface area contributed by atoms with E-state index >= 15 is 0 Å². The van der Waals surface area contributed by atoms with Crippen molar-refractivity contribution in [1.29, 1.82) is 0 Å². The first-order valence-corrected chi connectivity index (χ1v) is 12.4. The fourth-order valence-corrected chi connectivity index (χ4v) is 5.69. The summed E-state index contributed by atoms with van der Waals surface area (Å²) in [6, 6.07) is 13.0. The molecular weight excluding hydrogens is 426 g/mol. The van der Waals surface area contributed by atoms with Crippen molar-refractivity contribution in [3.05, 3.63) is 53.6 Å². The van der Waals surface area contributed by atoms with Crippen LogP contribution < -0.4 is 5.32 Å². The van der Waals surface area contributed by atoms with Crippen molar-refractivity contribution in [1.82, 2.24) is 24.6 Å². The highest BCUT2D eigenvalue weighted by Gasteiger charge is 2.33. The first kappa shape index (κ1) is 22.4. The Morgan fingerprint density at radius 3 is 2.78 bits per heavy atom. The predicted molar refractivity (Wildman–Crippen MR) is 122 cm³/mol. The molecule has 0 spiro atoms. The summed E-state index contributed by atoms with van der Waals surface area (Å²) in [6.45, 7) is 7.02. The van der Waals surface area contributed by atoms with Gasteiger partial charge in [-0.05, 0) is 57.4 Å². The molecule has 3 aromatic rings. The van der Waals surface area contributed by atoms with Crippen LogP contribution >= 0.6 is 0 Å². The van der Waals surface area contributed by atoms with Crippen molar-refractivity contribution in [3.8, 4) is 0 Å². The third-order valence-corrected chi connectivity index (χ3v) is 7.73. The van der Waals surface area contributed by atoms with E-state index in [1.807, 2.05) is 45.0 Å². The van der Waals surface area contributed by atoms with Crippen molar-refractivity contribution < 1.29 is 13.2 Å². The first-order chi connectivity index (χ1) is 15.3. The smallest absolute Gasteiger partial charge is 0.243 e. The van der Waals surface area contributed by atoms with Crippen LogP contribution in [0.3, 0.4) is 0 Å². The van der Waals surface area contributed by atoms with Crippen molar-refractivity contribution in [2.24, 2.45) is 5.92 Å². The van der Waals surface area contributed by atoms with Crippen LogP contribution in [0.25, 0.3) is 11.0 Å². The van der Waals surface area contributed by atoms with Gasteiger partial charge in [0, 0.05) is 25.7 Å². The average Bonchev–Trinajstić information content (AvgIpc) is 3.21. The van der Waals surface area contributed by atoms with E-state index in [0.717, 1.165) is 16.6 Å². The molecule has 1 fully saturated rings. The molecule has 8 nitrogen and oxygen atoms in total. The Morgan fingerprint density at radius 1 is 1.22 bits per heavy atom. The molecule has 170 valence electrons. The second-order valence-electron chi connectivity index (χ2n) is 8.69. The summed E-state index contributed by atoms with van der Waals surface area (Å²) in [5.41, 5.74) is 3.51. The van der Waals surface area contributed by atoms with Gasteiger partial charge >= 0.3 is 0 Å². The van der Waals surface area contributed by atoms with Gasteiger partial charge in [0.25, 0.3) is 0 Å². The topological polar surface area (TPSA) is 97.2 Å². The van der Waals surface area contributed by atoms with Gasteiger partial charge in [0.15, 0.2) is 0 Å². The number of rotatable bonds is 6. The van der Waals surface area contributed by atoms with Gasteiger partial charge in [0.2, 0.25) is 15.9 Å². The maximum atomic E-state index is 13.3. The van der Waals surface area contributed by atoms with Crippen molar-refractivity contribution in [2.75, 3.05) is 13.1 Å². The molecular formula is C23H29N5O3S. The minimum absolute atomic E-state index is 0.110. The van der Waals surface area contributed by atoms with Gasteiger partial charge in [0.05, 0.1) is 16.3 Å². The number of aromatic nitrogens is 3. The summed E-state index contributed by atoms with van der Waals surface area (Å²) in [7, 11) is -3.73. The molecule has 1 aromatic heterocycles. The lowest BCUT2D eigenvalue weighted by atomic mass is 9.98. The molecule has 32 heavy (non-hydrogen) atoms. The summed E-state index contributed by atoms with van der Waals surface area (Å²) >= 11 is 0. The molecule has 0 unspecified atom stereocenters. The second kappa shape index (κ2) is 8.99. The van der Waals surface area contributed by atoms with Crippen LogP contribution in [0.2, 0.25) is 0 Å². The van der Waals surface area contributed by atoms with Gasteiger partial charge in [-0.25, -0.2) is 13.1 Å². The number of piperidine rings is 1. The lowest BCUT2D eigenvalue weighted by Gasteiger charge is -2.31. The number of carbonyl (C=O) groups is 1. The molecule has 1 aliphatic heterocycles. The van der Waals surface area contributed by atoms with Crippen molar-refractivity contribution in [3.63, 3.8) is 0 Å². The lowest BCUT2D eigenvalue weighted by molar-refractivity contribution is -0.126. The Labute approximate surface area is 188 Å². The van der Waals surface area contributed by atoms with E-state index in [0.29, 0.717) is 31.4 Å². The first-order valence-electron chi connectivity index (χ1n) is 10.9. The number of amides is 1. The largest absolute Gasteiger partial charge is 0.352 e. The number of nitrogens with zero attached hydrogens (tertiary/aromatic N) is 4. The highest BCUT2D eigenvalue weighted by atomic mass is 32.2. The fourth-order valence-electron chi connectivity index (χ4n) is 4.14. The van der Waals surface area contributed by atoms with Crippen LogP contribution in [0.4, 0.5) is 0 Å². The van der Waals surface area contributed by atoms with Gasteiger partial charge < -0.3 is 5.32 Å². The summed E-state index contributed by atoms with van der Waals surface area (Å²) in [5, 5.41) is 11.2. The SMILES string of the molecule is Cc1cccc(CNC(=O)[C@@H]2CCCN(S(=O)(=O)c3ccc4c(c3)nnn4C(C)C)C2)c1. The van der Waals surface area contributed by atoms with Crippen molar-refractivity contribution >= 4 is 27.0 Å². The highest BCUT2D eigenvalue weighted by molar-refractivity contribution is 7.89. The van der Waals surface area contributed by atoms with Crippen molar-refractivity contribution in [2.45, 2.75) is 51.1 Å². The van der Waals surface area contributed by atoms with Gasteiger partial charge in [-0.2, -0.15) is 4.31 Å². The van der Waals surface area contributed by atoms with E-state index in [4.69, 9.17) is 0 Å². The lowest BCUT2D eigenvalue weighted by Crippen LogP contribution is -2.45. The molecule has 0 bridgehead atoms. The maximum Gasteiger partial charge on any atom is 0.243 e. The molecule has 0 saturated carbocycles. The van der Waals surface area contributed by atoms with E-state index in [-0.39, 0.29) is 29.3 Å². The van der Waals surface area contributed by atoms with Crippen LogP contribution in [-0.2, 0) is 21.4 Å². The minimum atomic E-state index is -3.73. The predicted octanol–water partition coefficient (Wildman–Crippen LogP) is 3.04. The number of aryl methyl sites for hydroxylation is 1. The molecule has 0 radical (unpaired) electrons. The van der Waals surface area contributed by atoms with Crippen LogP contribution in [0.5, 0.6) is 0 Å². The van der Waals surface area contributed by atoms with E-state index in [9.17, 15) is 13.2 Å². The normalized spacial score (nSPS) is 17.7. The summed E-state index contributed by atoms with van der Waals surface area (Å²) in [6.07, 6.45) is 1.32. The number of sulfonamides is 1. The third kappa shape index (κ3) is 4.54. The average molecular weight is 456 g/mol. The quantitative estimate of drug-likeness (QED) is 0.616. The molecule has 1 saturated heterocycles. The number of hydrogen-bond donors (Lipinski definition) is 1.